The summed E-state index contributed by atoms with van der Waals surface area (Å²) in [6, 6.07) is 1.86. The molecule has 2 heterocycles. The Bertz CT molecular complexity index is 376. The van der Waals surface area contributed by atoms with Gasteiger partial charge in [-0.1, -0.05) is 5.10 Å². The summed E-state index contributed by atoms with van der Waals surface area (Å²) < 4.78 is 5.48. The lowest BCUT2D eigenvalue weighted by Crippen LogP contribution is -2.27. The van der Waals surface area contributed by atoms with E-state index in [-0.39, 0.29) is 0 Å². The Morgan fingerprint density at radius 2 is 2.24 bits per heavy atom. The highest BCUT2D eigenvalue weighted by Crippen LogP contribution is 2.30. The molecule has 1 saturated carbocycles. The van der Waals surface area contributed by atoms with E-state index in [1.165, 1.54) is 25.8 Å². The largest absolute Gasteiger partial charge is 0.407 e. The highest BCUT2D eigenvalue weighted by atomic mass is 16.4. The van der Waals surface area contributed by atoms with Gasteiger partial charge in [0.25, 0.3) is 0 Å². The molecular weight excluding hydrogens is 218 g/mol. The molecule has 1 aromatic heterocycles. The van der Waals surface area contributed by atoms with Gasteiger partial charge >= 0.3 is 6.01 Å². The lowest BCUT2D eigenvalue weighted by Gasteiger charge is -2.14. The van der Waals surface area contributed by atoms with Crippen molar-refractivity contribution in [3.8, 4) is 0 Å². The molecule has 2 N–H and O–H groups in total. The van der Waals surface area contributed by atoms with E-state index in [0.717, 1.165) is 12.6 Å². The van der Waals surface area contributed by atoms with Crippen LogP contribution in [0.25, 0.3) is 0 Å². The third-order valence-electron chi connectivity index (χ3n) is 3.41. The molecule has 1 aliphatic carbocycles. The van der Waals surface area contributed by atoms with E-state index >= 15 is 0 Å². The van der Waals surface area contributed by atoms with Gasteiger partial charge in [0.2, 0.25) is 5.89 Å². The van der Waals surface area contributed by atoms with Crippen LogP contribution in [0.4, 0.5) is 6.01 Å². The van der Waals surface area contributed by atoms with Crippen molar-refractivity contribution in [1.82, 2.24) is 20.4 Å². The molecular formula is C11H19N5O. The Kier molecular flexibility index (Phi) is 2.98. The number of nitrogens with one attached hydrogen (secondary N) is 2. The van der Waals surface area contributed by atoms with Gasteiger partial charge in [0, 0.05) is 25.2 Å². The third kappa shape index (κ3) is 2.58. The van der Waals surface area contributed by atoms with Gasteiger partial charge in [-0.3, -0.25) is 4.90 Å². The molecule has 17 heavy (non-hydrogen) atoms. The van der Waals surface area contributed by atoms with Crippen molar-refractivity contribution in [3.63, 3.8) is 0 Å². The number of anilines is 1. The van der Waals surface area contributed by atoms with Crippen LogP contribution >= 0.6 is 0 Å². The summed E-state index contributed by atoms with van der Waals surface area (Å²) in [7, 11) is 1.86. The summed E-state index contributed by atoms with van der Waals surface area (Å²) >= 11 is 0. The molecule has 6 nitrogen and oxygen atoms in total. The molecule has 3 rings (SSSR count). The standard InChI is InChI=1S/C11H19N5O/c1-12-6-10-14-15-11(17-10)13-8-4-5-16(7-8)9-2-3-9/h8-9,12H,2-7H2,1H3,(H,13,15). The van der Waals surface area contributed by atoms with Gasteiger partial charge in [0.15, 0.2) is 0 Å². The minimum absolute atomic E-state index is 0.457. The van der Waals surface area contributed by atoms with Crippen molar-refractivity contribution < 1.29 is 4.42 Å². The van der Waals surface area contributed by atoms with Gasteiger partial charge in [-0.15, -0.1) is 5.10 Å². The van der Waals surface area contributed by atoms with Crippen LogP contribution in [0.15, 0.2) is 4.42 Å². The van der Waals surface area contributed by atoms with E-state index in [9.17, 15) is 0 Å². The van der Waals surface area contributed by atoms with Crippen molar-refractivity contribution in [2.75, 3.05) is 25.5 Å². The third-order valence-corrected chi connectivity index (χ3v) is 3.41. The molecule has 0 bridgehead atoms. The second-order valence-electron chi connectivity index (χ2n) is 4.89. The first-order chi connectivity index (χ1) is 8.35. The highest BCUT2D eigenvalue weighted by molar-refractivity contribution is 5.21. The van der Waals surface area contributed by atoms with E-state index in [0.29, 0.717) is 24.5 Å². The summed E-state index contributed by atoms with van der Waals surface area (Å²) in [5.74, 6) is 0.632. The normalized spacial score (nSPS) is 25.4. The molecule has 0 amide bonds. The molecule has 0 radical (unpaired) electrons. The number of likely N-dealkylation sites (tertiary alicyclic amines) is 1. The second kappa shape index (κ2) is 4.62. The molecule has 94 valence electrons. The number of hydrogen-bond acceptors (Lipinski definition) is 6. The van der Waals surface area contributed by atoms with Crippen molar-refractivity contribution in [2.24, 2.45) is 0 Å². The van der Waals surface area contributed by atoms with Crippen molar-refractivity contribution in [2.45, 2.75) is 37.9 Å². The minimum Gasteiger partial charge on any atom is -0.407 e. The van der Waals surface area contributed by atoms with Crippen molar-refractivity contribution in [1.29, 1.82) is 0 Å². The maximum absolute atomic E-state index is 5.48. The fourth-order valence-electron chi connectivity index (χ4n) is 2.39. The van der Waals surface area contributed by atoms with E-state index in [4.69, 9.17) is 4.42 Å². The molecule has 0 spiro atoms. The van der Waals surface area contributed by atoms with E-state index in [2.05, 4.69) is 25.7 Å². The smallest absolute Gasteiger partial charge is 0.315 e. The van der Waals surface area contributed by atoms with Crippen LogP contribution in [0.2, 0.25) is 0 Å². The van der Waals surface area contributed by atoms with Gasteiger partial charge in [-0.05, 0) is 26.3 Å². The molecule has 1 saturated heterocycles. The predicted octanol–water partition coefficient (Wildman–Crippen LogP) is 0.438. The zero-order valence-corrected chi connectivity index (χ0v) is 10.1. The second-order valence-corrected chi connectivity index (χ2v) is 4.89. The van der Waals surface area contributed by atoms with E-state index in [1.54, 1.807) is 0 Å². The summed E-state index contributed by atoms with van der Waals surface area (Å²) in [4.78, 5) is 2.56. The quantitative estimate of drug-likeness (QED) is 0.774. The molecule has 1 unspecified atom stereocenters. The zero-order valence-electron chi connectivity index (χ0n) is 10.1. The van der Waals surface area contributed by atoms with Crippen LogP contribution < -0.4 is 10.6 Å². The maximum atomic E-state index is 5.48. The topological polar surface area (TPSA) is 66.2 Å². The van der Waals surface area contributed by atoms with Crippen LogP contribution in [-0.4, -0.2) is 47.3 Å². The van der Waals surface area contributed by atoms with Crippen LogP contribution in [0.5, 0.6) is 0 Å². The average Bonchev–Trinajstić information content (AvgIpc) is 2.92. The maximum Gasteiger partial charge on any atom is 0.315 e. The van der Waals surface area contributed by atoms with Gasteiger partial charge in [0.1, 0.15) is 0 Å². The Hall–Kier alpha value is -1.14. The van der Waals surface area contributed by atoms with Gasteiger partial charge in [-0.25, -0.2) is 0 Å². The van der Waals surface area contributed by atoms with Crippen LogP contribution in [0.3, 0.4) is 0 Å². The number of aromatic nitrogens is 2. The monoisotopic (exact) mass is 237 g/mol. The summed E-state index contributed by atoms with van der Waals surface area (Å²) in [6.45, 7) is 2.92. The molecule has 1 aromatic rings. The van der Waals surface area contributed by atoms with Gasteiger partial charge in [0.05, 0.1) is 6.54 Å². The van der Waals surface area contributed by atoms with Crippen LogP contribution in [0, 0.1) is 0 Å². The lowest BCUT2D eigenvalue weighted by molar-refractivity contribution is 0.325. The number of hydrogen-bond donors (Lipinski definition) is 2. The molecule has 2 fully saturated rings. The first-order valence-corrected chi connectivity index (χ1v) is 6.32. The number of rotatable bonds is 5. The first-order valence-electron chi connectivity index (χ1n) is 6.32. The average molecular weight is 237 g/mol. The molecule has 1 atom stereocenters. The van der Waals surface area contributed by atoms with Gasteiger partial charge < -0.3 is 15.1 Å². The van der Waals surface area contributed by atoms with Crippen LogP contribution in [0.1, 0.15) is 25.2 Å². The lowest BCUT2D eigenvalue weighted by atomic mass is 10.3. The van der Waals surface area contributed by atoms with Crippen molar-refractivity contribution in [3.05, 3.63) is 5.89 Å². The van der Waals surface area contributed by atoms with Crippen molar-refractivity contribution >= 4 is 6.01 Å². The SMILES string of the molecule is CNCc1nnc(NC2CCN(C3CC3)C2)o1. The Morgan fingerprint density at radius 1 is 1.35 bits per heavy atom. The Labute approximate surface area is 101 Å². The van der Waals surface area contributed by atoms with E-state index in [1.807, 2.05) is 7.05 Å². The number of nitrogens with zero attached hydrogens (tertiary/aromatic N) is 3. The molecule has 1 aliphatic heterocycles. The fourth-order valence-corrected chi connectivity index (χ4v) is 2.39. The molecule has 2 aliphatic rings. The molecule has 6 heteroatoms. The first kappa shape index (κ1) is 11.0. The Balaban J connectivity index is 1.52. The summed E-state index contributed by atoms with van der Waals surface area (Å²) in [5.41, 5.74) is 0. The van der Waals surface area contributed by atoms with Crippen LogP contribution in [-0.2, 0) is 6.54 Å². The summed E-state index contributed by atoms with van der Waals surface area (Å²) in [5, 5.41) is 14.3. The van der Waals surface area contributed by atoms with E-state index < -0.39 is 0 Å². The minimum atomic E-state index is 0.457. The summed E-state index contributed by atoms with van der Waals surface area (Å²) in [6.07, 6.45) is 3.92. The Morgan fingerprint density at radius 3 is 3.00 bits per heavy atom. The highest BCUT2D eigenvalue weighted by Gasteiger charge is 2.34. The van der Waals surface area contributed by atoms with Gasteiger partial charge in [-0.2, -0.15) is 0 Å². The predicted molar refractivity (Wildman–Crippen MR) is 63.7 cm³/mol. The zero-order chi connectivity index (χ0) is 11.7. The fraction of sp³-hybridized carbons (Fsp3) is 0.818. The molecule has 0 aromatic carbocycles.